The summed E-state index contributed by atoms with van der Waals surface area (Å²) in [5.41, 5.74) is 5.76. The lowest BCUT2D eigenvalue weighted by molar-refractivity contribution is 0.140. The van der Waals surface area contributed by atoms with E-state index in [1.54, 1.807) is 0 Å². The molecule has 1 aliphatic heterocycles. The average molecular weight is 214 g/mol. The maximum atomic E-state index is 5.76. The topological polar surface area (TPSA) is 35.7 Å². The molecule has 1 saturated heterocycles. The van der Waals surface area contributed by atoms with Crippen LogP contribution in [-0.4, -0.2) is 80.7 Å². The number of likely N-dealkylation sites (N-methyl/N-ethyl adjacent to an activating group) is 2. The van der Waals surface area contributed by atoms with Crippen LogP contribution in [0.25, 0.3) is 0 Å². The van der Waals surface area contributed by atoms with Crippen molar-refractivity contribution in [3.63, 3.8) is 0 Å². The molecule has 4 heteroatoms. The van der Waals surface area contributed by atoms with E-state index < -0.39 is 0 Å². The highest BCUT2D eigenvalue weighted by atomic mass is 15.3. The minimum absolute atomic E-state index is 0.280. The summed E-state index contributed by atoms with van der Waals surface area (Å²) in [5.74, 6) is 0. The molecule has 1 fully saturated rings. The molecule has 15 heavy (non-hydrogen) atoms. The Kier molecular flexibility index (Phi) is 5.53. The van der Waals surface area contributed by atoms with Crippen LogP contribution in [0.1, 0.15) is 6.92 Å². The Hall–Kier alpha value is -0.160. The second-order valence-corrected chi connectivity index (χ2v) is 4.88. The first kappa shape index (κ1) is 12.9. The van der Waals surface area contributed by atoms with E-state index in [1.807, 2.05) is 0 Å². The van der Waals surface area contributed by atoms with Crippen molar-refractivity contribution in [1.82, 2.24) is 14.7 Å². The van der Waals surface area contributed by atoms with Crippen molar-refractivity contribution >= 4 is 0 Å². The van der Waals surface area contributed by atoms with E-state index in [4.69, 9.17) is 5.73 Å². The van der Waals surface area contributed by atoms with E-state index in [0.29, 0.717) is 0 Å². The molecule has 0 aromatic heterocycles. The predicted octanol–water partition coefficient (Wildman–Crippen LogP) is -0.487. The Morgan fingerprint density at radius 3 is 2.40 bits per heavy atom. The third kappa shape index (κ3) is 5.47. The first-order chi connectivity index (χ1) is 7.08. The molecular formula is C11H26N4. The normalized spacial score (nSPS) is 22.2. The number of rotatable bonds is 5. The van der Waals surface area contributed by atoms with Gasteiger partial charge in [0.1, 0.15) is 0 Å². The van der Waals surface area contributed by atoms with Crippen molar-refractivity contribution in [3.8, 4) is 0 Å². The van der Waals surface area contributed by atoms with E-state index in [2.05, 4.69) is 35.7 Å². The van der Waals surface area contributed by atoms with Gasteiger partial charge in [-0.25, -0.2) is 0 Å². The fourth-order valence-electron chi connectivity index (χ4n) is 1.97. The minimum Gasteiger partial charge on any atom is -0.327 e. The van der Waals surface area contributed by atoms with Crippen LogP contribution in [0.3, 0.4) is 0 Å². The van der Waals surface area contributed by atoms with Gasteiger partial charge in [-0.2, -0.15) is 0 Å². The highest BCUT2D eigenvalue weighted by Gasteiger charge is 2.13. The Balaban J connectivity index is 2.09. The predicted molar refractivity (Wildman–Crippen MR) is 65.1 cm³/mol. The molecule has 1 rings (SSSR count). The monoisotopic (exact) mass is 214 g/mol. The van der Waals surface area contributed by atoms with Crippen LogP contribution in [0, 0.1) is 0 Å². The van der Waals surface area contributed by atoms with E-state index in [0.717, 1.165) is 13.1 Å². The van der Waals surface area contributed by atoms with Gasteiger partial charge in [0.15, 0.2) is 0 Å². The van der Waals surface area contributed by atoms with Crippen LogP contribution < -0.4 is 5.73 Å². The van der Waals surface area contributed by atoms with Gasteiger partial charge in [-0.1, -0.05) is 0 Å². The van der Waals surface area contributed by atoms with Crippen LogP contribution in [-0.2, 0) is 0 Å². The Bertz CT molecular complexity index is 164. The van der Waals surface area contributed by atoms with Crippen molar-refractivity contribution < 1.29 is 0 Å². The van der Waals surface area contributed by atoms with Crippen LogP contribution in [0.15, 0.2) is 0 Å². The summed E-state index contributed by atoms with van der Waals surface area (Å²) >= 11 is 0. The summed E-state index contributed by atoms with van der Waals surface area (Å²) in [5, 5.41) is 0. The van der Waals surface area contributed by atoms with Gasteiger partial charge in [0.05, 0.1) is 0 Å². The van der Waals surface area contributed by atoms with Gasteiger partial charge in [-0.15, -0.1) is 0 Å². The van der Waals surface area contributed by atoms with E-state index in [9.17, 15) is 0 Å². The average Bonchev–Trinajstić information content (AvgIpc) is 2.16. The smallest absolute Gasteiger partial charge is 0.0139 e. The molecule has 0 spiro atoms. The zero-order valence-corrected chi connectivity index (χ0v) is 10.4. The molecule has 90 valence electrons. The molecule has 1 atom stereocenters. The van der Waals surface area contributed by atoms with Crippen LogP contribution in [0.5, 0.6) is 0 Å². The third-order valence-corrected chi connectivity index (χ3v) is 2.99. The summed E-state index contributed by atoms with van der Waals surface area (Å²) in [6.07, 6.45) is 0. The molecule has 0 bridgehead atoms. The van der Waals surface area contributed by atoms with E-state index >= 15 is 0 Å². The van der Waals surface area contributed by atoms with Gasteiger partial charge < -0.3 is 15.5 Å². The number of nitrogens with two attached hydrogens (primary N) is 1. The molecule has 0 saturated carbocycles. The third-order valence-electron chi connectivity index (χ3n) is 2.99. The molecule has 0 amide bonds. The van der Waals surface area contributed by atoms with Gasteiger partial charge >= 0.3 is 0 Å². The second-order valence-electron chi connectivity index (χ2n) is 4.88. The van der Waals surface area contributed by atoms with Crippen LogP contribution >= 0.6 is 0 Å². The van der Waals surface area contributed by atoms with Gasteiger partial charge in [-0.3, -0.25) is 4.90 Å². The lowest BCUT2D eigenvalue weighted by Gasteiger charge is -2.33. The summed E-state index contributed by atoms with van der Waals surface area (Å²) in [6.45, 7) is 10.2. The van der Waals surface area contributed by atoms with Gasteiger partial charge in [-0.05, 0) is 21.0 Å². The fraction of sp³-hybridized carbons (Fsp3) is 1.00. The van der Waals surface area contributed by atoms with Gasteiger partial charge in [0.2, 0.25) is 0 Å². The van der Waals surface area contributed by atoms with E-state index in [-0.39, 0.29) is 6.04 Å². The first-order valence-corrected chi connectivity index (χ1v) is 5.93. The molecule has 1 aliphatic rings. The summed E-state index contributed by atoms with van der Waals surface area (Å²) in [4.78, 5) is 7.25. The fourth-order valence-corrected chi connectivity index (χ4v) is 1.97. The highest BCUT2D eigenvalue weighted by molar-refractivity contribution is 4.70. The summed E-state index contributed by atoms with van der Waals surface area (Å²) in [6, 6.07) is 0.280. The molecule has 4 nitrogen and oxygen atoms in total. The SMILES string of the molecule is CC(N)CN(C)CCN1CCN(C)CC1. The van der Waals surface area contributed by atoms with Crippen molar-refractivity contribution in [2.24, 2.45) is 5.73 Å². The molecular weight excluding hydrogens is 188 g/mol. The Morgan fingerprint density at radius 2 is 1.87 bits per heavy atom. The zero-order chi connectivity index (χ0) is 11.3. The largest absolute Gasteiger partial charge is 0.327 e. The van der Waals surface area contributed by atoms with Crippen molar-refractivity contribution in [2.45, 2.75) is 13.0 Å². The first-order valence-electron chi connectivity index (χ1n) is 5.93. The van der Waals surface area contributed by atoms with E-state index in [1.165, 1.54) is 32.7 Å². The molecule has 2 N–H and O–H groups in total. The molecule has 0 aromatic carbocycles. The van der Waals surface area contributed by atoms with Crippen molar-refractivity contribution in [1.29, 1.82) is 0 Å². The maximum absolute atomic E-state index is 5.76. The zero-order valence-electron chi connectivity index (χ0n) is 10.4. The number of piperazine rings is 1. The summed E-state index contributed by atoms with van der Waals surface area (Å²) in [7, 11) is 4.35. The van der Waals surface area contributed by atoms with Crippen molar-refractivity contribution in [3.05, 3.63) is 0 Å². The lowest BCUT2D eigenvalue weighted by atomic mass is 10.3. The molecule has 1 heterocycles. The molecule has 0 radical (unpaired) electrons. The van der Waals surface area contributed by atoms with Crippen LogP contribution in [0.4, 0.5) is 0 Å². The second kappa shape index (κ2) is 6.43. The van der Waals surface area contributed by atoms with Crippen LogP contribution in [0.2, 0.25) is 0 Å². The maximum Gasteiger partial charge on any atom is 0.0139 e. The molecule has 0 aromatic rings. The Morgan fingerprint density at radius 1 is 1.27 bits per heavy atom. The van der Waals surface area contributed by atoms with Crippen molar-refractivity contribution in [2.75, 3.05) is 59.9 Å². The number of hydrogen-bond acceptors (Lipinski definition) is 4. The number of nitrogens with zero attached hydrogens (tertiary/aromatic N) is 3. The number of hydrogen-bond donors (Lipinski definition) is 1. The molecule has 1 unspecified atom stereocenters. The quantitative estimate of drug-likeness (QED) is 0.670. The Labute approximate surface area is 94.0 Å². The van der Waals surface area contributed by atoms with Gasteiger partial charge in [0.25, 0.3) is 0 Å². The highest BCUT2D eigenvalue weighted by Crippen LogP contribution is 1.99. The summed E-state index contributed by atoms with van der Waals surface area (Å²) < 4.78 is 0. The standard InChI is InChI=1S/C11H26N4/c1-11(12)10-14(3)6-9-15-7-4-13(2)5-8-15/h11H,4-10,12H2,1-3H3. The lowest BCUT2D eigenvalue weighted by Crippen LogP contribution is -2.47. The minimum atomic E-state index is 0.280. The molecule has 0 aliphatic carbocycles. The van der Waals surface area contributed by atoms with Gasteiger partial charge in [0, 0.05) is 51.9 Å².